The Kier molecular flexibility index (Phi) is 3.88. The molecule has 0 saturated carbocycles. The van der Waals surface area contributed by atoms with Crippen molar-refractivity contribution in [2.75, 3.05) is 6.54 Å². The molecule has 0 fully saturated rings. The summed E-state index contributed by atoms with van der Waals surface area (Å²) in [6.45, 7) is 0.579. The average Bonchev–Trinajstić information content (AvgIpc) is 2.90. The van der Waals surface area contributed by atoms with Crippen molar-refractivity contribution in [1.82, 2.24) is 5.32 Å². The molecule has 1 amide bonds. The van der Waals surface area contributed by atoms with Gasteiger partial charge in [0.1, 0.15) is 5.75 Å². The summed E-state index contributed by atoms with van der Waals surface area (Å²) in [6.07, 6.45) is 0.752. The molecular formula is C17H15NO2S. The van der Waals surface area contributed by atoms with Crippen molar-refractivity contribution in [3.8, 4) is 5.75 Å². The lowest BCUT2D eigenvalue weighted by molar-refractivity contribution is 0.0954. The summed E-state index contributed by atoms with van der Waals surface area (Å²) in [5, 5.41) is 15.6. The zero-order chi connectivity index (χ0) is 14.7. The Balaban J connectivity index is 1.65. The van der Waals surface area contributed by atoms with E-state index in [1.54, 1.807) is 35.6 Å². The summed E-state index contributed by atoms with van der Waals surface area (Å²) in [6, 6.07) is 14.6. The summed E-state index contributed by atoms with van der Waals surface area (Å²) in [7, 11) is 0. The molecule has 1 heterocycles. The molecular weight excluding hydrogens is 282 g/mol. The second-order valence-corrected chi connectivity index (χ2v) is 5.72. The number of amides is 1. The Hall–Kier alpha value is -2.33. The van der Waals surface area contributed by atoms with Crippen LogP contribution < -0.4 is 5.32 Å². The van der Waals surface area contributed by atoms with Crippen molar-refractivity contribution >= 4 is 27.3 Å². The molecule has 0 saturated heterocycles. The third-order valence-corrected chi connectivity index (χ3v) is 4.37. The van der Waals surface area contributed by atoms with E-state index < -0.39 is 0 Å². The molecule has 3 rings (SSSR count). The highest BCUT2D eigenvalue weighted by Gasteiger charge is 2.07. The number of phenols is 1. The Bertz CT molecular complexity index is 765. The molecule has 0 bridgehead atoms. The number of fused-ring (bicyclic) bond motifs is 1. The van der Waals surface area contributed by atoms with E-state index >= 15 is 0 Å². The van der Waals surface area contributed by atoms with E-state index in [9.17, 15) is 9.90 Å². The number of carbonyl (C=O) groups is 1. The van der Waals surface area contributed by atoms with Crippen LogP contribution >= 0.6 is 11.3 Å². The second-order valence-electron chi connectivity index (χ2n) is 4.81. The van der Waals surface area contributed by atoms with Crippen molar-refractivity contribution in [3.05, 3.63) is 65.0 Å². The quantitative estimate of drug-likeness (QED) is 0.773. The summed E-state index contributed by atoms with van der Waals surface area (Å²) in [4.78, 5) is 11.9. The Morgan fingerprint density at radius 2 is 1.95 bits per heavy atom. The minimum atomic E-state index is -0.0574. The third-order valence-electron chi connectivity index (χ3n) is 3.35. The Morgan fingerprint density at radius 1 is 1.14 bits per heavy atom. The van der Waals surface area contributed by atoms with Gasteiger partial charge in [-0.15, -0.1) is 11.3 Å². The number of aromatic hydroxyl groups is 1. The van der Waals surface area contributed by atoms with Gasteiger partial charge >= 0.3 is 0 Å². The van der Waals surface area contributed by atoms with Gasteiger partial charge in [-0.2, -0.15) is 0 Å². The first-order valence-corrected chi connectivity index (χ1v) is 7.64. The van der Waals surface area contributed by atoms with Gasteiger partial charge in [0.2, 0.25) is 0 Å². The van der Waals surface area contributed by atoms with E-state index in [2.05, 4.69) is 10.7 Å². The number of nitrogens with one attached hydrogen (secondary N) is 1. The van der Waals surface area contributed by atoms with Gasteiger partial charge in [0.25, 0.3) is 5.91 Å². The van der Waals surface area contributed by atoms with Crippen LogP contribution in [0.25, 0.3) is 10.1 Å². The maximum absolute atomic E-state index is 11.9. The number of rotatable bonds is 4. The smallest absolute Gasteiger partial charge is 0.251 e. The minimum Gasteiger partial charge on any atom is -0.508 e. The molecule has 3 nitrogen and oxygen atoms in total. The minimum absolute atomic E-state index is 0.0574. The molecule has 106 valence electrons. The molecule has 4 heteroatoms. The van der Waals surface area contributed by atoms with Crippen LogP contribution in [0.4, 0.5) is 0 Å². The van der Waals surface area contributed by atoms with Gasteiger partial charge in [0.15, 0.2) is 0 Å². The van der Waals surface area contributed by atoms with Crippen LogP contribution in [0, 0.1) is 0 Å². The number of carbonyl (C=O) groups excluding carboxylic acids is 1. The number of thiophene rings is 1. The highest BCUT2D eigenvalue weighted by molar-refractivity contribution is 7.17. The number of phenolic OH excluding ortho intramolecular Hbond substituents is 1. The Morgan fingerprint density at radius 3 is 2.76 bits per heavy atom. The molecule has 0 unspecified atom stereocenters. The normalized spacial score (nSPS) is 10.7. The molecule has 1 aromatic heterocycles. The van der Waals surface area contributed by atoms with Gasteiger partial charge < -0.3 is 10.4 Å². The fourth-order valence-electron chi connectivity index (χ4n) is 2.27. The summed E-state index contributed by atoms with van der Waals surface area (Å²) in [5.41, 5.74) is 1.82. The zero-order valence-corrected chi connectivity index (χ0v) is 12.2. The zero-order valence-electron chi connectivity index (χ0n) is 11.4. The highest BCUT2D eigenvalue weighted by Crippen LogP contribution is 2.29. The lowest BCUT2D eigenvalue weighted by Gasteiger charge is -2.05. The molecule has 0 aliphatic carbocycles. The van der Waals surface area contributed by atoms with Crippen molar-refractivity contribution in [2.45, 2.75) is 6.42 Å². The van der Waals surface area contributed by atoms with Crippen molar-refractivity contribution in [3.63, 3.8) is 0 Å². The maximum atomic E-state index is 11.9. The SMILES string of the molecule is O=C(NCCc1csc2ccc(O)cc12)c1ccccc1. The van der Waals surface area contributed by atoms with Crippen molar-refractivity contribution in [1.29, 1.82) is 0 Å². The molecule has 3 aromatic rings. The van der Waals surface area contributed by atoms with Crippen LogP contribution in [0.2, 0.25) is 0 Å². The number of hydrogen-bond acceptors (Lipinski definition) is 3. The predicted octanol–water partition coefficient (Wildman–Crippen LogP) is 3.58. The van der Waals surface area contributed by atoms with Gasteiger partial charge in [-0.3, -0.25) is 4.79 Å². The van der Waals surface area contributed by atoms with Gasteiger partial charge in [-0.25, -0.2) is 0 Å². The van der Waals surface area contributed by atoms with Crippen LogP contribution in [0.15, 0.2) is 53.9 Å². The summed E-state index contributed by atoms with van der Waals surface area (Å²) >= 11 is 1.65. The van der Waals surface area contributed by atoms with Gasteiger partial charge in [0.05, 0.1) is 0 Å². The average molecular weight is 297 g/mol. The van der Waals surface area contributed by atoms with E-state index in [-0.39, 0.29) is 11.7 Å². The van der Waals surface area contributed by atoms with Crippen LogP contribution in [0.1, 0.15) is 15.9 Å². The van der Waals surface area contributed by atoms with Crippen LogP contribution in [0.5, 0.6) is 5.75 Å². The molecule has 2 N–H and O–H groups in total. The molecule has 0 aliphatic heterocycles. The van der Waals surface area contributed by atoms with Crippen molar-refractivity contribution in [2.24, 2.45) is 0 Å². The standard InChI is InChI=1S/C17H15NO2S/c19-14-6-7-16-15(10-14)13(11-21-16)8-9-18-17(20)12-4-2-1-3-5-12/h1-7,10-11,19H,8-9H2,(H,18,20). The first kappa shape index (κ1) is 13.6. The van der Waals surface area contributed by atoms with E-state index in [0.717, 1.165) is 22.1 Å². The lowest BCUT2D eigenvalue weighted by Crippen LogP contribution is -2.25. The van der Waals surface area contributed by atoms with Crippen molar-refractivity contribution < 1.29 is 9.90 Å². The fraction of sp³-hybridized carbons (Fsp3) is 0.118. The molecule has 0 aliphatic rings. The van der Waals surface area contributed by atoms with Crippen LogP contribution in [-0.4, -0.2) is 17.6 Å². The highest BCUT2D eigenvalue weighted by atomic mass is 32.1. The van der Waals surface area contributed by atoms with Crippen LogP contribution in [0.3, 0.4) is 0 Å². The first-order chi connectivity index (χ1) is 10.2. The largest absolute Gasteiger partial charge is 0.508 e. The molecule has 0 atom stereocenters. The lowest BCUT2D eigenvalue weighted by atomic mass is 10.1. The predicted molar refractivity (Wildman–Crippen MR) is 86.0 cm³/mol. The molecule has 0 radical (unpaired) electrons. The number of benzene rings is 2. The van der Waals surface area contributed by atoms with E-state index in [4.69, 9.17) is 0 Å². The van der Waals surface area contributed by atoms with Gasteiger partial charge in [-0.1, -0.05) is 18.2 Å². The Labute approximate surface area is 126 Å². The van der Waals surface area contributed by atoms with Crippen LogP contribution in [-0.2, 0) is 6.42 Å². The second kappa shape index (κ2) is 5.97. The van der Waals surface area contributed by atoms with E-state index in [0.29, 0.717) is 12.1 Å². The molecule has 21 heavy (non-hydrogen) atoms. The third kappa shape index (κ3) is 3.06. The molecule has 0 spiro atoms. The number of hydrogen-bond donors (Lipinski definition) is 2. The summed E-state index contributed by atoms with van der Waals surface area (Å²) in [5.74, 6) is 0.216. The van der Waals surface area contributed by atoms with E-state index in [1.165, 1.54) is 0 Å². The van der Waals surface area contributed by atoms with Gasteiger partial charge in [0, 0.05) is 16.8 Å². The van der Waals surface area contributed by atoms with E-state index in [1.807, 2.05) is 24.3 Å². The van der Waals surface area contributed by atoms with Gasteiger partial charge in [-0.05, 0) is 53.1 Å². The summed E-state index contributed by atoms with van der Waals surface area (Å²) < 4.78 is 1.15. The first-order valence-electron chi connectivity index (χ1n) is 6.76. The fourth-order valence-corrected chi connectivity index (χ4v) is 3.24. The topological polar surface area (TPSA) is 49.3 Å². The maximum Gasteiger partial charge on any atom is 0.251 e. The molecule has 2 aromatic carbocycles. The monoisotopic (exact) mass is 297 g/mol.